The molecule has 17 heavy (non-hydrogen) atoms. The van der Waals surface area contributed by atoms with Crippen LogP contribution in [0, 0.1) is 17.0 Å². The van der Waals surface area contributed by atoms with Gasteiger partial charge in [-0.15, -0.1) is 0 Å². The highest BCUT2D eigenvalue weighted by Crippen LogP contribution is 2.32. The van der Waals surface area contributed by atoms with Crippen molar-refractivity contribution in [2.45, 2.75) is 24.9 Å². The minimum absolute atomic E-state index is 0.0405. The molecule has 0 aliphatic carbocycles. The molecule has 0 saturated heterocycles. The van der Waals surface area contributed by atoms with Crippen LogP contribution in [0.3, 0.4) is 0 Å². The van der Waals surface area contributed by atoms with Crippen molar-refractivity contribution in [3.05, 3.63) is 27.8 Å². The van der Waals surface area contributed by atoms with Crippen LogP contribution in [0.15, 0.2) is 17.0 Å². The Morgan fingerprint density at radius 1 is 1.41 bits per heavy atom. The highest BCUT2D eigenvalue weighted by molar-refractivity contribution is 7.89. The second-order valence-corrected chi connectivity index (χ2v) is 5.56. The van der Waals surface area contributed by atoms with Crippen LogP contribution in [0.25, 0.3) is 0 Å². The van der Waals surface area contributed by atoms with Crippen molar-refractivity contribution in [2.75, 3.05) is 5.32 Å². The van der Waals surface area contributed by atoms with Crippen LogP contribution in [0.5, 0.6) is 0 Å². The van der Waals surface area contributed by atoms with Gasteiger partial charge in [0.1, 0.15) is 4.90 Å². The molecule has 2 N–H and O–H groups in total. The van der Waals surface area contributed by atoms with Crippen molar-refractivity contribution in [2.24, 2.45) is 0 Å². The molecule has 92 valence electrons. The Bertz CT molecular complexity index is 597. The molecule has 0 fully saturated rings. The van der Waals surface area contributed by atoms with Gasteiger partial charge in [0.05, 0.1) is 16.8 Å². The average molecular weight is 257 g/mol. The van der Waals surface area contributed by atoms with Gasteiger partial charge in [0, 0.05) is 11.6 Å². The molecule has 1 aliphatic rings. The maximum absolute atomic E-state index is 11.8. The first-order valence-electron chi connectivity index (χ1n) is 4.89. The third-order valence-corrected chi connectivity index (χ3v) is 4.07. The molecule has 1 unspecified atom stereocenters. The zero-order chi connectivity index (χ0) is 12.8. The summed E-state index contributed by atoms with van der Waals surface area (Å²) in [6.45, 7) is 3.12. The van der Waals surface area contributed by atoms with E-state index < -0.39 is 21.1 Å². The molecule has 7 nitrogen and oxygen atoms in total. The molecule has 0 amide bonds. The normalized spacial score (nSPS) is 21.4. The van der Waals surface area contributed by atoms with Crippen LogP contribution in [-0.4, -0.2) is 19.5 Å². The molecular weight excluding hydrogens is 246 g/mol. The van der Waals surface area contributed by atoms with Crippen LogP contribution < -0.4 is 10.0 Å². The van der Waals surface area contributed by atoms with E-state index in [0.717, 1.165) is 0 Å². The van der Waals surface area contributed by atoms with Crippen LogP contribution in [-0.2, 0) is 10.0 Å². The fourth-order valence-corrected chi connectivity index (χ4v) is 3.15. The van der Waals surface area contributed by atoms with Gasteiger partial charge in [-0.1, -0.05) is 0 Å². The van der Waals surface area contributed by atoms with Gasteiger partial charge >= 0.3 is 0 Å². The quantitative estimate of drug-likeness (QED) is 0.576. The number of nitrogens with zero attached hydrogens (tertiary/aromatic N) is 1. The van der Waals surface area contributed by atoms with Crippen LogP contribution in [0.4, 0.5) is 11.4 Å². The number of aryl methyl sites for hydroxylation is 1. The van der Waals surface area contributed by atoms with Crippen molar-refractivity contribution in [1.29, 1.82) is 0 Å². The second-order valence-electron chi connectivity index (χ2n) is 3.88. The second kappa shape index (κ2) is 3.67. The van der Waals surface area contributed by atoms with E-state index in [2.05, 4.69) is 10.0 Å². The molecule has 2 rings (SSSR count). The van der Waals surface area contributed by atoms with Gasteiger partial charge in [0.15, 0.2) is 0 Å². The third kappa shape index (κ3) is 1.96. The van der Waals surface area contributed by atoms with Crippen LogP contribution >= 0.6 is 0 Å². The van der Waals surface area contributed by atoms with E-state index in [1.54, 1.807) is 6.92 Å². The molecule has 0 saturated carbocycles. The van der Waals surface area contributed by atoms with E-state index in [4.69, 9.17) is 0 Å². The summed E-state index contributed by atoms with van der Waals surface area (Å²) in [4.78, 5) is 10.3. The number of hydrogen-bond donors (Lipinski definition) is 2. The van der Waals surface area contributed by atoms with Gasteiger partial charge in [-0.25, -0.2) is 8.42 Å². The molecular formula is C9H11N3O4S. The lowest BCUT2D eigenvalue weighted by atomic mass is 10.2. The van der Waals surface area contributed by atoms with Crippen molar-refractivity contribution in [3.8, 4) is 0 Å². The van der Waals surface area contributed by atoms with Gasteiger partial charge in [-0.3, -0.25) is 10.1 Å². The summed E-state index contributed by atoms with van der Waals surface area (Å²) in [5, 5.41) is 13.6. The Balaban J connectivity index is 2.69. The Morgan fingerprint density at radius 2 is 2.06 bits per heavy atom. The standard InChI is InChI=1S/C9H11N3O4S/c1-5-3-9-7(4-8(5)12(13)14)10-6(2)11-17(9,15)16/h3-4,6,10-11H,1-2H3. The first-order chi connectivity index (χ1) is 7.81. The van der Waals surface area contributed by atoms with Crippen LogP contribution in [0.1, 0.15) is 12.5 Å². The Morgan fingerprint density at radius 3 is 2.65 bits per heavy atom. The predicted octanol–water partition coefficient (Wildman–Crippen LogP) is 0.953. The summed E-state index contributed by atoms with van der Waals surface area (Å²) >= 11 is 0. The van der Waals surface area contributed by atoms with E-state index >= 15 is 0 Å². The average Bonchev–Trinajstić information content (AvgIpc) is 2.17. The molecule has 0 radical (unpaired) electrons. The van der Waals surface area contributed by atoms with E-state index in [9.17, 15) is 18.5 Å². The number of benzene rings is 1. The Hall–Kier alpha value is -1.67. The number of anilines is 1. The Labute approximate surface area is 98.0 Å². The van der Waals surface area contributed by atoms with Crippen molar-refractivity contribution in [1.82, 2.24) is 4.72 Å². The minimum atomic E-state index is -3.59. The first-order valence-corrected chi connectivity index (χ1v) is 6.37. The predicted molar refractivity (Wildman–Crippen MR) is 61.2 cm³/mol. The van der Waals surface area contributed by atoms with Crippen molar-refractivity contribution in [3.63, 3.8) is 0 Å². The molecule has 1 aliphatic heterocycles. The fourth-order valence-electron chi connectivity index (χ4n) is 1.76. The third-order valence-electron chi connectivity index (χ3n) is 2.49. The van der Waals surface area contributed by atoms with Crippen molar-refractivity contribution >= 4 is 21.4 Å². The topological polar surface area (TPSA) is 101 Å². The maximum atomic E-state index is 11.8. The first kappa shape index (κ1) is 11.8. The fraction of sp³-hybridized carbons (Fsp3) is 0.333. The van der Waals surface area contributed by atoms with Gasteiger partial charge in [0.2, 0.25) is 10.0 Å². The molecule has 0 bridgehead atoms. The molecule has 1 aromatic rings. The number of rotatable bonds is 1. The maximum Gasteiger partial charge on any atom is 0.274 e. The number of fused-ring (bicyclic) bond motifs is 1. The summed E-state index contributed by atoms with van der Waals surface area (Å²) in [6, 6.07) is 2.55. The minimum Gasteiger partial charge on any atom is -0.368 e. The van der Waals surface area contributed by atoms with Gasteiger partial charge in [-0.2, -0.15) is 4.72 Å². The summed E-state index contributed by atoms with van der Waals surface area (Å²) < 4.78 is 26.0. The molecule has 1 atom stereocenters. The van der Waals surface area contributed by atoms with E-state index in [1.165, 1.54) is 19.1 Å². The lowest BCUT2D eigenvalue weighted by molar-refractivity contribution is -0.385. The molecule has 0 aromatic heterocycles. The summed E-state index contributed by atoms with van der Waals surface area (Å²) in [5.74, 6) is 0. The zero-order valence-corrected chi connectivity index (χ0v) is 10.0. The molecule has 0 spiro atoms. The van der Waals surface area contributed by atoms with Gasteiger partial charge < -0.3 is 5.32 Å². The number of hydrogen-bond acceptors (Lipinski definition) is 5. The smallest absolute Gasteiger partial charge is 0.274 e. The SMILES string of the molecule is Cc1cc2c(cc1[N+](=O)[O-])NC(C)NS2(=O)=O. The van der Waals surface area contributed by atoms with E-state index in [-0.39, 0.29) is 16.3 Å². The largest absolute Gasteiger partial charge is 0.368 e. The van der Waals surface area contributed by atoms with Crippen molar-refractivity contribution < 1.29 is 13.3 Å². The molecule has 1 heterocycles. The number of nitro benzene ring substituents is 1. The van der Waals surface area contributed by atoms with E-state index in [1.807, 2.05) is 0 Å². The summed E-state index contributed by atoms with van der Waals surface area (Å²) in [7, 11) is -3.59. The van der Waals surface area contributed by atoms with Gasteiger partial charge in [-0.05, 0) is 19.9 Å². The molecule has 1 aromatic carbocycles. The van der Waals surface area contributed by atoms with Crippen LogP contribution in [0.2, 0.25) is 0 Å². The number of nitrogens with one attached hydrogen (secondary N) is 2. The zero-order valence-electron chi connectivity index (χ0n) is 9.22. The highest BCUT2D eigenvalue weighted by atomic mass is 32.2. The number of sulfonamides is 1. The van der Waals surface area contributed by atoms with Gasteiger partial charge in [0.25, 0.3) is 5.69 Å². The lowest BCUT2D eigenvalue weighted by Crippen LogP contribution is -2.42. The van der Waals surface area contributed by atoms with E-state index in [0.29, 0.717) is 5.56 Å². The summed E-state index contributed by atoms with van der Waals surface area (Å²) in [5.41, 5.74) is 0.476. The molecule has 8 heteroatoms. The monoisotopic (exact) mass is 257 g/mol. The lowest BCUT2D eigenvalue weighted by Gasteiger charge is -2.25. The summed E-state index contributed by atoms with van der Waals surface area (Å²) in [6.07, 6.45) is -0.491. The Kier molecular flexibility index (Phi) is 2.55. The highest BCUT2D eigenvalue weighted by Gasteiger charge is 2.29. The number of nitro groups is 1.